The number of hydrogen-bond acceptors (Lipinski definition) is 1. The number of carbonyl (C=O) groups is 1. The third kappa shape index (κ3) is 1.98. The van der Waals surface area contributed by atoms with Crippen LogP contribution in [-0.2, 0) is 16.6 Å². The molecule has 0 spiro atoms. The molecule has 0 bridgehead atoms. The van der Waals surface area contributed by atoms with E-state index in [4.69, 9.17) is 0 Å². The Balaban J connectivity index is 1.96. The number of rotatable bonds is 2. The molecule has 1 amide bonds. The Bertz CT molecular complexity index is 900. The Morgan fingerprint density at radius 3 is 2.39 bits per heavy atom. The third-order valence-corrected chi connectivity index (χ3v) is 5.00. The topological polar surface area (TPSA) is 20.3 Å². The molecule has 4 rings (SSSR count). The van der Waals surface area contributed by atoms with Crippen molar-refractivity contribution in [3.8, 4) is 0 Å². The summed E-state index contributed by atoms with van der Waals surface area (Å²) in [5, 5.41) is 2.37. The average Bonchev–Trinajstić information content (AvgIpc) is 2.78. The second kappa shape index (κ2) is 4.95. The molecule has 0 radical (unpaired) electrons. The summed E-state index contributed by atoms with van der Waals surface area (Å²) in [4.78, 5) is 14.9. The largest absolute Gasteiger partial charge is 0.314 e. The number of benzene rings is 3. The lowest BCUT2D eigenvalue weighted by atomic mass is 9.76. The minimum atomic E-state index is -0.522. The first-order valence-electron chi connectivity index (χ1n) is 7.95. The maximum Gasteiger partial charge on any atom is 0.237 e. The Labute approximate surface area is 136 Å². The molecule has 0 N–H and O–H groups in total. The Morgan fingerprint density at radius 2 is 1.61 bits per heavy atom. The van der Waals surface area contributed by atoms with E-state index in [2.05, 4.69) is 43.3 Å². The quantitative estimate of drug-likeness (QED) is 0.690. The monoisotopic (exact) mass is 301 g/mol. The first kappa shape index (κ1) is 14.0. The summed E-state index contributed by atoms with van der Waals surface area (Å²) >= 11 is 0. The molecule has 0 aromatic heterocycles. The molecule has 1 heterocycles. The van der Waals surface area contributed by atoms with Crippen molar-refractivity contribution in [2.24, 2.45) is 0 Å². The standard InChI is InChI=1S/C21H19NO/c1-21(14-15-8-4-3-5-9-15)19-17-11-7-6-10-16(17)12-13-18(19)22(2)20(21)23/h3-13H,14H2,1-2H3. The zero-order valence-electron chi connectivity index (χ0n) is 13.4. The van der Waals surface area contributed by atoms with E-state index in [-0.39, 0.29) is 5.91 Å². The van der Waals surface area contributed by atoms with Crippen molar-refractivity contribution >= 4 is 22.4 Å². The second-order valence-corrected chi connectivity index (χ2v) is 6.54. The van der Waals surface area contributed by atoms with E-state index in [9.17, 15) is 4.79 Å². The zero-order chi connectivity index (χ0) is 16.0. The van der Waals surface area contributed by atoms with Crippen LogP contribution >= 0.6 is 0 Å². The molecular weight excluding hydrogens is 282 g/mol. The highest BCUT2D eigenvalue weighted by atomic mass is 16.2. The lowest BCUT2D eigenvalue weighted by Gasteiger charge is -2.24. The van der Waals surface area contributed by atoms with Crippen molar-refractivity contribution in [1.29, 1.82) is 0 Å². The molecule has 0 aliphatic carbocycles. The highest BCUT2D eigenvalue weighted by Crippen LogP contribution is 2.46. The van der Waals surface area contributed by atoms with Gasteiger partial charge in [-0.2, -0.15) is 0 Å². The summed E-state index contributed by atoms with van der Waals surface area (Å²) in [6.07, 6.45) is 0.720. The smallest absolute Gasteiger partial charge is 0.237 e. The molecule has 0 saturated heterocycles. The van der Waals surface area contributed by atoms with Crippen LogP contribution < -0.4 is 4.90 Å². The van der Waals surface area contributed by atoms with Crippen LogP contribution in [0.2, 0.25) is 0 Å². The fraction of sp³-hybridized carbons (Fsp3) is 0.190. The van der Waals surface area contributed by atoms with Gasteiger partial charge in [-0.15, -0.1) is 0 Å². The minimum Gasteiger partial charge on any atom is -0.314 e. The molecule has 3 aromatic carbocycles. The summed E-state index contributed by atoms with van der Waals surface area (Å²) in [6.45, 7) is 2.08. The normalized spacial score (nSPS) is 20.1. The molecule has 0 saturated carbocycles. The fourth-order valence-electron chi connectivity index (χ4n) is 3.87. The molecule has 114 valence electrons. The molecule has 3 aromatic rings. The first-order chi connectivity index (χ1) is 11.1. The van der Waals surface area contributed by atoms with Crippen molar-refractivity contribution in [2.45, 2.75) is 18.8 Å². The van der Waals surface area contributed by atoms with Gasteiger partial charge in [0, 0.05) is 12.7 Å². The molecular formula is C21H19NO. The van der Waals surface area contributed by atoms with Gasteiger partial charge in [-0.3, -0.25) is 4.79 Å². The lowest BCUT2D eigenvalue weighted by molar-refractivity contribution is -0.122. The number of carbonyl (C=O) groups excluding carboxylic acids is 1. The molecule has 0 fully saturated rings. The molecule has 23 heavy (non-hydrogen) atoms. The molecule has 1 aliphatic heterocycles. The number of fused-ring (bicyclic) bond motifs is 3. The maximum absolute atomic E-state index is 13.1. The summed E-state index contributed by atoms with van der Waals surface area (Å²) in [7, 11) is 1.88. The van der Waals surface area contributed by atoms with Crippen molar-refractivity contribution < 1.29 is 4.79 Å². The Hall–Kier alpha value is -2.61. The van der Waals surface area contributed by atoms with Crippen LogP contribution in [0.4, 0.5) is 5.69 Å². The number of anilines is 1. The molecule has 2 nitrogen and oxygen atoms in total. The molecule has 2 heteroatoms. The molecule has 1 unspecified atom stereocenters. The highest BCUT2D eigenvalue weighted by molar-refractivity contribution is 6.12. The number of amides is 1. The number of nitrogens with zero attached hydrogens (tertiary/aromatic N) is 1. The van der Waals surface area contributed by atoms with Gasteiger partial charge in [0.25, 0.3) is 0 Å². The van der Waals surface area contributed by atoms with Gasteiger partial charge in [-0.05, 0) is 41.3 Å². The molecule has 1 atom stereocenters. The van der Waals surface area contributed by atoms with E-state index in [1.165, 1.54) is 16.3 Å². The second-order valence-electron chi connectivity index (χ2n) is 6.54. The summed E-state index contributed by atoms with van der Waals surface area (Å²) in [5.41, 5.74) is 2.86. The van der Waals surface area contributed by atoms with Crippen LogP contribution in [0.1, 0.15) is 18.1 Å². The third-order valence-electron chi connectivity index (χ3n) is 5.00. The average molecular weight is 301 g/mol. The van der Waals surface area contributed by atoms with E-state index < -0.39 is 5.41 Å². The van der Waals surface area contributed by atoms with Gasteiger partial charge in [-0.25, -0.2) is 0 Å². The van der Waals surface area contributed by atoms with E-state index in [0.29, 0.717) is 0 Å². The number of hydrogen-bond donors (Lipinski definition) is 0. The Morgan fingerprint density at radius 1 is 0.913 bits per heavy atom. The van der Waals surface area contributed by atoms with Crippen LogP contribution in [0.5, 0.6) is 0 Å². The van der Waals surface area contributed by atoms with E-state index in [1.54, 1.807) is 0 Å². The molecule has 1 aliphatic rings. The predicted molar refractivity (Wildman–Crippen MR) is 94.9 cm³/mol. The highest BCUT2D eigenvalue weighted by Gasteiger charge is 2.46. The first-order valence-corrected chi connectivity index (χ1v) is 7.95. The Kier molecular flexibility index (Phi) is 3.02. The summed E-state index contributed by atoms with van der Waals surface area (Å²) < 4.78 is 0. The van der Waals surface area contributed by atoms with E-state index in [1.807, 2.05) is 42.3 Å². The van der Waals surface area contributed by atoms with Gasteiger partial charge in [0.1, 0.15) is 0 Å². The van der Waals surface area contributed by atoms with Gasteiger partial charge in [0.15, 0.2) is 0 Å². The van der Waals surface area contributed by atoms with E-state index >= 15 is 0 Å². The zero-order valence-corrected chi connectivity index (χ0v) is 13.4. The van der Waals surface area contributed by atoms with Crippen molar-refractivity contribution in [2.75, 3.05) is 11.9 Å². The SMILES string of the molecule is CN1C(=O)C(C)(Cc2ccccc2)c2c1ccc1ccccc21. The van der Waals surface area contributed by atoms with Crippen LogP contribution in [-0.4, -0.2) is 13.0 Å². The van der Waals surface area contributed by atoms with Crippen molar-refractivity contribution in [1.82, 2.24) is 0 Å². The van der Waals surface area contributed by atoms with Crippen molar-refractivity contribution in [3.63, 3.8) is 0 Å². The van der Waals surface area contributed by atoms with E-state index in [0.717, 1.165) is 17.7 Å². The van der Waals surface area contributed by atoms with Crippen LogP contribution in [0.25, 0.3) is 10.8 Å². The van der Waals surface area contributed by atoms with Gasteiger partial charge >= 0.3 is 0 Å². The van der Waals surface area contributed by atoms with Gasteiger partial charge in [-0.1, -0.05) is 60.7 Å². The predicted octanol–water partition coefficient (Wildman–Crippen LogP) is 4.32. The summed E-state index contributed by atoms with van der Waals surface area (Å²) in [6, 6.07) is 22.8. The summed E-state index contributed by atoms with van der Waals surface area (Å²) in [5.74, 6) is 0.174. The maximum atomic E-state index is 13.1. The van der Waals surface area contributed by atoms with Crippen LogP contribution in [0.3, 0.4) is 0 Å². The van der Waals surface area contributed by atoms with Gasteiger partial charge in [0.2, 0.25) is 5.91 Å². The van der Waals surface area contributed by atoms with Crippen molar-refractivity contribution in [3.05, 3.63) is 77.9 Å². The lowest BCUT2D eigenvalue weighted by Crippen LogP contribution is -2.37. The fourth-order valence-corrected chi connectivity index (χ4v) is 3.87. The van der Waals surface area contributed by atoms with Crippen LogP contribution in [0, 0.1) is 0 Å². The van der Waals surface area contributed by atoms with Gasteiger partial charge in [0.05, 0.1) is 5.41 Å². The van der Waals surface area contributed by atoms with Crippen LogP contribution in [0.15, 0.2) is 66.7 Å². The number of likely N-dealkylation sites (N-methyl/N-ethyl adjacent to an activating group) is 1. The minimum absolute atomic E-state index is 0.174. The van der Waals surface area contributed by atoms with Gasteiger partial charge < -0.3 is 4.90 Å².